The molecule has 0 N–H and O–H groups in total. The van der Waals surface area contributed by atoms with Crippen molar-refractivity contribution in [1.29, 1.82) is 0 Å². The van der Waals surface area contributed by atoms with Crippen molar-refractivity contribution in [3.05, 3.63) is 0 Å². The molecule has 0 bridgehead atoms. The molecule has 10 heavy (non-hydrogen) atoms. The molecule has 0 spiro atoms. The molecule has 1 aliphatic carbocycles. The van der Waals surface area contributed by atoms with Crippen LogP contribution in [-0.2, 0) is 0 Å². The summed E-state index contributed by atoms with van der Waals surface area (Å²) in [5, 5.41) is 0. The molecule has 58 valence electrons. The van der Waals surface area contributed by atoms with E-state index in [2.05, 4.69) is 27.8 Å². The molecule has 1 saturated carbocycles. The zero-order valence-corrected chi connectivity index (χ0v) is 7.52. The average Bonchev–Trinajstić information content (AvgIpc) is 2.36. The standard InChI is InChI=1S/C9H18N/c1-5-10(4)6-8-7(2)9(8,10)3/h7-8H,5-6H2,1-4H3/q+1. The van der Waals surface area contributed by atoms with Crippen LogP contribution in [0.5, 0.6) is 0 Å². The van der Waals surface area contributed by atoms with Crippen molar-refractivity contribution in [3.8, 4) is 0 Å². The highest BCUT2D eigenvalue weighted by molar-refractivity contribution is 5.15. The van der Waals surface area contributed by atoms with Gasteiger partial charge in [0.05, 0.1) is 26.1 Å². The van der Waals surface area contributed by atoms with Gasteiger partial charge in [-0.25, -0.2) is 0 Å². The van der Waals surface area contributed by atoms with Gasteiger partial charge in [0.1, 0.15) is 5.54 Å². The average molecular weight is 140 g/mol. The highest BCUT2D eigenvalue weighted by Crippen LogP contribution is 2.66. The number of rotatable bonds is 1. The Morgan fingerprint density at radius 3 is 2.30 bits per heavy atom. The molecule has 0 radical (unpaired) electrons. The largest absolute Gasteiger partial charge is 0.321 e. The third kappa shape index (κ3) is 0.402. The number of hydrogen-bond acceptors (Lipinski definition) is 0. The van der Waals surface area contributed by atoms with Crippen molar-refractivity contribution in [1.82, 2.24) is 0 Å². The van der Waals surface area contributed by atoms with Crippen LogP contribution >= 0.6 is 0 Å². The lowest BCUT2D eigenvalue weighted by molar-refractivity contribution is -0.976. The van der Waals surface area contributed by atoms with Gasteiger partial charge >= 0.3 is 0 Å². The van der Waals surface area contributed by atoms with Gasteiger partial charge in [0.25, 0.3) is 0 Å². The van der Waals surface area contributed by atoms with Gasteiger partial charge < -0.3 is 4.48 Å². The molecule has 2 aliphatic rings. The Hall–Kier alpha value is -0.0400. The SMILES string of the molecule is CC[N+]1(C)CC2C(C)C21C. The van der Waals surface area contributed by atoms with Gasteiger partial charge in [0, 0.05) is 5.92 Å². The molecular weight excluding hydrogens is 122 g/mol. The van der Waals surface area contributed by atoms with Gasteiger partial charge in [-0.05, 0) is 13.8 Å². The van der Waals surface area contributed by atoms with Crippen molar-refractivity contribution in [2.24, 2.45) is 11.8 Å². The Morgan fingerprint density at radius 2 is 2.20 bits per heavy atom. The Bertz CT molecular complexity index is 170. The van der Waals surface area contributed by atoms with Crippen LogP contribution < -0.4 is 0 Å². The number of fused-ring (bicyclic) bond motifs is 1. The smallest absolute Gasteiger partial charge is 0.108 e. The van der Waals surface area contributed by atoms with E-state index in [1.807, 2.05) is 0 Å². The first-order valence-corrected chi connectivity index (χ1v) is 4.41. The van der Waals surface area contributed by atoms with Gasteiger partial charge in [-0.2, -0.15) is 0 Å². The van der Waals surface area contributed by atoms with Crippen LogP contribution in [0.25, 0.3) is 0 Å². The van der Waals surface area contributed by atoms with E-state index in [0.717, 1.165) is 11.8 Å². The number of nitrogens with zero attached hydrogens (tertiary/aromatic N) is 1. The molecule has 1 heteroatoms. The molecule has 0 aromatic carbocycles. The van der Waals surface area contributed by atoms with Gasteiger partial charge in [-0.15, -0.1) is 0 Å². The normalized spacial score (nSPS) is 64.8. The summed E-state index contributed by atoms with van der Waals surface area (Å²) in [6.07, 6.45) is 0. The molecule has 0 amide bonds. The maximum Gasteiger partial charge on any atom is 0.108 e. The van der Waals surface area contributed by atoms with Crippen LogP contribution in [0.3, 0.4) is 0 Å². The van der Waals surface area contributed by atoms with Crippen molar-refractivity contribution in [2.45, 2.75) is 26.3 Å². The minimum absolute atomic E-state index is 0.689. The third-order valence-electron chi connectivity index (χ3n) is 4.63. The number of quaternary nitrogens is 1. The Kier molecular flexibility index (Phi) is 0.949. The highest BCUT2D eigenvalue weighted by Gasteiger charge is 2.79. The maximum atomic E-state index is 2.45. The molecule has 0 aromatic rings. The predicted octanol–water partition coefficient (Wildman–Crippen LogP) is 1.49. The van der Waals surface area contributed by atoms with Crippen LogP contribution in [0.2, 0.25) is 0 Å². The van der Waals surface area contributed by atoms with E-state index in [1.165, 1.54) is 17.6 Å². The van der Waals surface area contributed by atoms with Crippen molar-refractivity contribution < 1.29 is 4.48 Å². The Morgan fingerprint density at radius 1 is 1.60 bits per heavy atom. The highest BCUT2D eigenvalue weighted by atomic mass is 15.5. The van der Waals surface area contributed by atoms with Gasteiger partial charge in [-0.3, -0.25) is 0 Å². The fourth-order valence-corrected chi connectivity index (χ4v) is 3.04. The third-order valence-corrected chi connectivity index (χ3v) is 4.63. The van der Waals surface area contributed by atoms with Crippen LogP contribution in [0.4, 0.5) is 0 Å². The zero-order valence-electron chi connectivity index (χ0n) is 7.52. The van der Waals surface area contributed by atoms with E-state index in [0.29, 0.717) is 5.54 Å². The summed E-state index contributed by atoms with van der Waals surface area (Å²) in [6, 6.07) is 0. The quantitative estimate of drug-likeness (QED) is 0.484. The van der Waals surface area contributed by atoms with Crippen LogP contribution in [0.15, 0.2) is 0 Å². The molecule has 0 aromatic heterocycles. The molecule has 1 saturated heterocycles. The topological polar surface area (TPSA) is 0 Å². The second-order valence-electron chi connectivity index (χ2n) is 4.52. The van der Waals surface area contributed by atoms with E-state index in [9.17, 15) is 0 Å². The molecule has 2 rings (SSSR count). The first kappa shape index (κ1) is 6.66. The summed E-state index contributed by atoms with van der Waals surface area (Å²) in [5.41, 5.74) is 0.689. The number of hydrogen-bond donors (Lipinski definition) is 0. The van der Waals surface area contributed by atoms with E-state index in [-0.39, 0.29) is 0 Å². The van der Waals surface area contributed by atoms with Crippen molar-refractivity contribution in [2.75, 3.05) is 20.1 Å². The van der Waals surface area contributed by atoms with Crippen LogP contribution in [0, 0.1) is 11.8 Å². The van der Waals surface area contributed by atoms with E-state index in [4.69, 9.17) is 0 Å². The molecule has 4 unspecified atom stereocenters. The summed E-state index contributed by atoms with van der Waals surface area (Å²) >= 11 is 0. The minimum atomic E-state index is 0.689. The predicted molar refractivity (Wildman–Crippen MR) is 42.7 cm³/mol. The lowest BCUT2D eigenvalue weighted by Gasteiger charge is -2.48. The zero-order chi connectivity index (χ0) is 7.57. The van der Waals surface area contributed by atoms with Crippen molar-refractivity contribution >= 4 is 0 Å². The molecule has 1 aliphatic heterocycles. The van der Waals surface area contributed by atoms with E-state index >= 15 is 0 Å². The molecule has 1 nitrogen and oxygen atoms in total. The van der Waals surface area contributed by atoms with Crippen LogP contribution in [0.1, 0.15) is 20.8 Å². The lowest BCUT2D eigenvalue weighted by atomic mass is 10.0. The molecule has 4 atom stereocenters. The van der Waals surface area contributed by atoms with Gasteiger partial charge in [-0.1, -0.05) is 6.92 Å². The van der Waals surface area contributed by atoms with Crippen LogP contribution in [-0.4, -0.2) is 30.2 Å². The van der Waals surface area contributed by atoms with Gasteiger partial charge in [0.15, 0.2) is 0 Å². The first-order chi connectivity index (χ1) is 4.56. The molecular formula is C9H18N+. The Labute approximate surface area is 63.6 Å². The Balaban J connectivity index is 2.19. The summed E-state index contributed by atoms with van der Waals surface area (Å²) < 4.78 is 1.33. The second kappa shape index (κ2) is 1.42. The maximum absolute atomic E-state index is 2.45. The lowest BCUT2D eigenvalue weighted by Crippen LogP contribution is -2.63. The molecule has 1 heterocycles. The monoisotopic (exact) mass is 140 g/mol. The molecule has 2 fully saturated rings. The van der Waals surface area contributed by atoms with E-state index in [1.54, 1.807) is 0 Å². The van der Waals surface area contributed by atoms with Crippen molar-refractivity contribution in [3.63, 3.8) is 0 Å². The van der Waals surface area contributed by atoms with E-state index < -0.39 is 0 Å². The summed E-state index contributed by atoms with van der Waals surface area (Å²) in [6.45, 7) is 9.93. The fraction of sp³-hybridized carbons (Fsp3) is 1.00. The minimum Gasteiger partial charge on any atom is -0.321 e. The fourth-order valence-electron chi connectivity index (χ4n) is 3.04. The first-order valence-electron chi connectivity index (χ1n) is 4.41. The van der Waals surface area contributed by atoms with Gasteiger partial charge in [0.2, 0.25) is 0 Å². The summed E-state index contributed by atoms with van der Waals surface area (Å²) in [4.78, 5) is 0. The number of likely N-dealkylation sites (tertiary alicyclic amines) is 1. The summed E-state index contributed by atoms with van der Waals surface area (Å²) in [5.74, 6) is 2.06. The summed E-state index contributed by atoms with van der Waals surface area (Å²) in [7, 11) is 2.40. The second-order valence-corrected chi connectivity index (χ2v) is 4.52.